The Morgan fingerprint density at radius 1 is 1.02 bits per heavy atom. The van der Waals surface area contributed by atoms with E-state index in [9.17, 15) is 19.2 Å². The van der Waals surface area contributed by atoms with Crippen LogP contribution in [0.2, 0.25) is 0 Å². The number of amides is 2. The Morgan fingerprint density at radius 2 is 1.79 bits per heavy atom. The smallest absolute Gasteiger partial charge is 0.250 e. The molecule has 6 rings (SSSR count). The molecule has 5 heterocycles. The number of ether oxygens (including phenoxy) is 1. The highest BCUT2D eigenvalue weighted by molar-refractivity contribution is 5.93. The lowest BCUT2D eigenvalue weighted by Crippen LogP contribution is -2.56. The van der Waals surface area contributed by atoms with Gasteiger partial charge in [0.25, 0.3) is 5.56 Å². The summed E-state index contributed by atoms with van der Waals surface area (Å²) in [6.45, 7) is 7.09. The molecule has 43 heavy (non-hydrogen) atoms. The van der Waals surface area contributed by atoms with Gasteiger partial charge in [-0.05, 0) is 55.5 Å². The van der Waals surface area contributed by atoms with Crippen LogP contribution >= 0.6 is 0 Å². The SMILES string of the molecule is COc1ccc(-c2oc3c(=O)cc(C)oc3c2CC(=O)N[C@H](C(=O)N2C[C@H]3C[C@@H](C2)c2cccc(=O)n2C3)C(C)C)cc1. The standard InChI is InChI=1S/C33H35N3O7/c1-18(2)29(33(40)35-15-20-13-22(17-35)25-6-5-7-28(39)36(25)16-20)34-27(38)14-24-30(21-8-10-23(41-4)11-9-21)43-32-26(37)12-19(3)42-31(24)32/h5-12,18,20,22,29H,13-17H2,1-4H3,(H,34,38)/t20-,22+,29+/m1/s1. The summed E-state index contributed by atoms with van der Waals surface area (Å²) in [6, 6.07) is 13.0. The third kappa shape index (κ3) is 5.37. The number of pyridine rings is 1. The van der Waals surface area contributed by atoms with Gasteiger partial charge in [0, 0.05) is 48.9 Å². The van der Waals surface area contributed by atoms with E-state index in [2.05, 4.69) is 5.32 Å². The number of nitrogens with zero attached hydrogens (tertiary/aromatic N) is 2. The fraction of sp³-hybridized carbons (Fsp3) is 0.394. The van der Waals surface area contributed by atoms with Crippen LogP contribution in [0.1, 0.15) is 43.2 Å². The third-order valence-electron chi connectivity index (χ3n) is 8.51. The molecule has 3 aromatic heterocycles. The van der Waals surface area contributed by atoms with E-state index in [0.29, 0.717) is 48.0 Å². The third-order valence-corrected chi connectivity index (χ3v) is 8.51. The topological polar surface area (TPSA) is 124 Å². The summed E-state index contributed by atoms with van der Waals surface area (Å²) in [4.78, 5) is 54.5. The summed E-state index contributed by atoms with van der Waals surface area (Å²) in [5, 5.41) is 2.97. The molecule has 2 bridgehead atoms. The van der Waals surface area contributed by atoms with Crippen LogP contribution in [0.25, 0.3) is 22.5 Å². The van der Waals surface area contributed by atoms with Crippen molar-refractivity contribution in [2.45, 2.75) is 52.1 Å². The number of hydrogen-bond donors (Lipinski definition) is 1. The number of nitrogens with one attached hydrogen (secondary N) is 1. The average Bonchev–Trinajstić information content (AvgIpc) is 3.34. The number of piperidine rings is 1. The highest BCUT2D eigenvalue weighted by atomic mass is 16.5. The Bertz CT molecular complexity index is 1810. The minimum Gasteiger partial charge on any atom is -0.497 e. The van der Waals surface area contributed by atoms with Crippen molar-refractivity contribution in [1.29, 1.82) is 0 Å². The van der Waals surface area contributed by atoms with Gasteiger partial charge in [-0.25, -0.2) is 0 Å². The molecule has 0 radical (unpaired) electrons. The zero-order chi connectivity index (χ0) is 30.4. The first-order valence-corrected chi connectivity index (χ1v) is 14.6. The van der Waals surface area contributed by atoms with Crippen molar-refractivity contribution >= 4 is 23.0 Å². The molecular weight excluding hydrogens is 550 g/mol. The molecule has 224 valence electrons. The fourth-order valence-electron chi connectivity index (χ4n) is 6.47. The Hall–Kier alpha value is -4.60. The Balaban J connectivity index is 1.26. The zero-order valence-electron chi connectivity index (χ0n) is 24.7. The summed E-state index contributed by atoms with van der Waals surface area (Å²) in [5.74, 6) is 0.955. The normalized spacial score (nSPS) is 18.4. The highest BCUT2D eigenvalue weighted by Crippen LogP contribution is 2.36. The number of aromatic nitrogens is 1. The average molecular weight is 586 g/mol. The molecule has 0 unspecified atom stereocenters. The molecule has 0 spiro atoms. The van der Waals surface area contributed by atoms with Crippen molar-refractivity contribution in [1.82, 2.24) is 14.8 Å². The maximum Gasteiger partial charge on any atom is 0.250 e. The molecule has 1 aromatic carbocycles. The summed E-state index contributed by atoms with van der Waals surface area (Å²) in [5.41, 5.74) is 1.96. The van der Waals surface area contributed by atoms with E-state index in [1.54, 1.807) is 50.4 Å². The van der Waals surface area contributed by atoms with Crippen LogP contribution in [0.3, 0.4) is 0 Å². The number of carbonyl (C=O) groups excluding carboxylic acids is 2. The van der Waals surface area contributed by atoms with Crippen molar-refractivity contribution in [2.75, 3.05) is 20.2 Å². The van der Waals surface area contributed by atoms with Gasteiger partial charge in [0.05, 0.1) is 19.1 Å². The largest absolute Gasteiger partial charge is 0.497 e. The molecule has 0 saturated carbocycles. The number of carbonyl (C=O) groups is 2. The molecule has 2 aliphatic heterocycles. The molecule has 3 atom stereocenters. The summed E-state index contributed by atoms with van der Waals surface area (Å²) < 4.78 is 19.0. The minimum atomic E-state index is -0.749. The Morgan fingerprint density at radius 3 is 2.51 bits per heavy atom. The number of rotatable bonds is 7. The van der Waals surface area contributed by atoms with Gasteiger partial charge in [0.15, 0.2) is 5.58 Å². The molecule has 2 aliphatic rings. The number of aryl methyl sites for hydroxylation is 1. The monoisotopic (exact) mass is 585 g/mol. The quantitative estimate of drug-likeness (QED) is 0.349. The van der Waals surface area contributed by atoms with Gasteiger partial charge < -0.3 is 28.4 Å². The molecule has 2 amide bonds. The number of benzene rings is 1. The van der Waals surface area contributed by atoms with Crippen LogP contribution in [0.15, 0.2) is 67.0 Å². The second kappa shape index (κ2) is 11.2. The molecule has 10 heteroatoms. The second-order valence-corrected chi connectivity index (χ2v) is 11.9. The van der Waals surface area contributed by atoms with Crippen LogP contribution in [-0.4, -0.2) is 47.5 Å². The molecule has 10 nitrogen and oxygen atoms in total. The van der Waals surface area contributed by atoms with E-state index in [1.165, 1.54) is 6.07 Å². The molecule has 1 fully saturated rings. The predicted molar refractivity (Wildman–Crippen MR) is 160 cm³/mol. The Labute approximate surface area is 248 Å². The molecular formula is C33H35N3O7. The lowest BCUT2D eigenvalue weighted by atomic mass is 9.82. The first-order valence-electron chi connectivity index (χ1n) is 14.6. The lowest BCUT2D eigenvalue weighted by Gasteiger charge is -2.44. The molecule has 0 aliphatic carbocycles. The van der Waals surface area contributed by atoms with Crippen LogP contribution in [0.5, 0.6) is 5.75 Å². The first kappa shape index (κ1) is 28.5. The minimum absolute atomic E-state index is 0.00824. The van der Waals surface area contributed by atoms with Gasteiger partial charge in [-0.1, -0.05) is 19.9 Å². The van der Waals surface area contributed by atoms with E-state index >= 15 is 0 Å². The summed E-state index contributed by atoms with van der Waals surface area (Å²) in [6.07, 6.45) is 0.775. The molecule has 1 N–H and O–H groups in total. The van der Waals surface area contributed by atoms with Crippen LogP contribution in [-0.2, 0) is 22.6 Å². The maximum atomic E-state index is 13.9. The maximum absolute atomic E-state index is 13.9. The van der Waals surface area contributed by atoms with E-state index in [4.69, 9.17) is 13.6 Å². The number of likely N-dealkylation sites (tertiary alicyclic amines) is 1. The van der Waals surface area contributed by atoms with Gasteiger partial charge in [-0.15, -0.1) is 0 Å². The van der Waals surface area contributed by atoms with Crippen molar-refractivity contribution in [3.8, 4) is 17.1 Å². The van der Waals surface area contributed by atoms with Gasteiger partial charge in [0.2, 0.25) is 22.8 Å². The van der Waals surface area contributed by atoms with Crippen molar-refractivity contribution < 1.29 is 23.2 Å². The Kier molecular flexibility index (Phi) is 7.45. The van der Waals surface area contributed by atoms with E-state index in [1.807, 2.05) is 29.4 Å². The van der Waals surface area contributed by atoms with Crippen molar-refractivity contribution in [3.05, 3.63) is 86.1 Å². The first-order chi connectivity index (χ1) is 20.6. The van der Waals surface area contributed by atoms with Gasteiger partial charge >= 0.3 is 0 Å². The summed E-state index contributed by atoms with van der Waals surface area (Å²) in [7, 11) is 1.57. The van der Waals surface area contributed by atoms with Crippen LogP contribution in [0.4, 0.5) is 0 Å². The number of furan rings is 1. The summed E-state index contributed by atoms with van der Waals surface area (Å²) >= 11 is 0. The van der Waals surface area contributed by atoms with E-state index < -0.39 is 6.04 Å². The fourth-order valence-corrected chi connectivity index (χ4v) is 6.47. The van der Waals surface area contributed by atoms with E-state index in [-0.39, 0.29) is 58.1 Å². The molecule has 1 saturated heterocycles. The lowest BCUT2D eigenvalue weighted by molar-refractivity contribution is -0.140. The number of fused-ring (bicyclic) bond motifs is 5. The zero-order valence-corrected chi connectivity index (χ0v) is 24.7. The number of methoxy groups -OCH3 is 1. The predicted octanol–water partition coefficient (Wildman–Crippen LogP) is 3.86. The van der Waals surface area contributed by atoms with Crippen LogP contribution in [0, 0.1) is 18.8 Å². The van der Waals surface area contributed by atoms with Crippen molar-refractivity contribution in [3.63, 3.8) is 0 Å². The molecule has 4 aromatic rings. The second-order valence-electron chi connectivity index (χ2n) is 11.9. The van der Waals surface area contributed by atoms with Crippen molar-refractivity contribution in [2.24, 2.45) is 11.8 Å². The van der Waals surface area contributed by atoms with Crippen LogP contribution < -0.4 is 21.0 Å². The number of hydrogen-bond acceptors (Lipinski definition) is 7. The van der Waals surface area contributed by atoms with Gasteiger partial charge in [0.1, 0.15) is 23.3 Å². The van der Waals surface area contributed by atoms with Gasteiger partial charge in [-0.2, -0.15) is 0 Å². The van der Waals surface area contributed by atoms with Gasteiger partial charge in [-0.3, -0.25) is 19.2 Å². The highest BCUT2D eigenvalue weighted by Gasteiger charge is 2.39. The van der Waals surface area contributed by atoms with E-state index in [0.717, 1.165) is 12.1 Å².